The van der Waals surface area contributed by atoms with Crippen molar-refractivity contribution in [3.63, 3.8) is 0 Å². The number of benzene rings is 1. The molecule has 8 heteroatoms. The van der Waals surface area contributed by atoms with Gasteiger partial charge in [-0.15, -0.1) is 5.10 Å². The van der Waals surface area contributed by atoms with E-state index in [-0.39, 0.29) is 11.7 Å². The lowest BCUT2D eigenvalue weighted by molar-refractivity contribution is 0.0964. The molecule has 1 aromatic carbocycles. The van der Waals surface area contributed by atoms with Crippen LogP contribution in [0.2, 0.25) is 0 Å². The number of ketones is 1. The SMILES string of the molecule is CNc1nn(-c2nc(C)cc(C)n2)c2c1C(=O)C[C@@H](c1ccc(OC)c(OC)c1)C2. The maximum Gasteiger partial charge on any atom is 0.251 e. The van der Waals surface area contributed by atoms with Crippen molar-refractivity contribution in [2.45, 2.75) is 32.6 Å². The summed E-state index contributed by atoms with van der Waals surface area (Å²) in [6.07, 6.45) is 1.04. The highest BCUT2D eigenvalue weighted by Gasteiger charge is 2.34. The summed E-state index contributed by atoms with van der Waals surface area (Å²) in [6.45, 7) is 3.84. The van der Waals surface area contributed by atoms with Crippen molar-refractivity contribution in [2.24, 2.45) is 0 Å². The van der Waals surface area contributed by atoms with Crippen molar-refractivity contribution in [1.29, 1.82) is 0 Å². The van der Waals surface area contributed by atoms with Crippen molar-refractivity contribution in [2.75, 3.05) is 26.6 Å². The topological polar surface area (TPSA) is 91.2 Å². The summed E-state index contributed by atoms with van der Waals surface area (Å²) < 4.78 is 12.5. The molecule has 0 aliphatic heterocycles. The average Bonchev–Trinajstić information content (AvgIpc) is 3.12. The Labute approximate surface area is 175 Å². The lowest BCUT2D eigenvalue weighted by atomic mass is 9.82. The fourth-order valence-electron chi connectivity index (χ4n) is 4.05. The number of nitrogens with zero attached hydrogens (tertiary/aromatic N) is 4. The first-order chi connectivity index (χ1) is 14.4. The van der Waals surface area contributed by atoms with Gasteiger partial charge in [0.05, 0.1) is 25.5 Å². The van der Waals surface area contributed by atoms with Gasteiger partial charge in [0.1, 0.15) is 0 Å². The Morgan fingerprint density at radius 2 is 1.73 bits per heavy atom. The maximum absolute atomic E-state index is 13.1. The second-order valence-electron chi connectivity index (χ2n) is 7.43. The molecule has 1 N–H and O–H groups in total. The minimum Gasteiger partial charge on any atom is -0.493 e. The Hall–Kier alpha value is -3.42. The Kier molecular flexibility index (Phi) is 5.15. The van der Waals surface area contributed by atoms with Crippen LogP contribution in [0.4, 0.5) is 5.82 Å². The molecule has 0 unspecified atom stereocenters. The zero-order chi connectivity index (χ0) is 21.4. The van der Waals surface area contributed by atoms with Crippen LogP contribution in [0, 0.1) is 13.8 Å². The number of methoxy groups -OCH3 is 2. The first-order valence-corrected chi connectivity index (χ1v) is 9.82. The van der Waals surface area contributed by atoms with Crippen LogP contribution in [-0.2, 0) is 6.42 Å². The third-order valence-electron chi connectivity index (χ3n) is 5.41. The van der Waals surface area contributed by atoms with Crippen molar-refractivity contribution in [3.8, 4) is 17.4 Å². The number of anilines is 1. The molecule has 30 heavy (non-hydrogen) atoms. The molecule has 8 nitrogen and oxygen atoms in total. The molecule has 0 saturated carbocycles. The molecular formula is C22H25N5O3. The fraction of sp³-hybridized carbons (Fsp3) is 0.364. The zero-order valence-corrected chi connectivity index (χ0v) is 17.8. The number of aryl methyl sites for hydroxylation is 2. The summed E-state index contributed by atoms with van der Waals surface area (Å²) in [5.74, 6) is 2.40. The number of nitrogens with one attached hydrogen (secondary N) is 1. The van der Waals surface area contributed by atoms with E-state index in [4.69, 9.17) is 9.47 Å². The molecule has 1 atom stereocenters. The van der Waals surface area contributed by atoms with Crippen molar-refractivity contribution < 1.29 is 14.3 Å². The first kappa shape index (κ1) is 19.9. The third-order valence-corrected chi connectivity index (χ3v) is 5.41. The van der Waals surface area contributed by atoms with Crippen LogP contribution in [0.25, 0.3) is 5.95 Å². The number of Topliss-reactive ketones (excluding diaryl/α,β-unsaturated/α-hetero) is 1. The summed E-state index contributed by atoms with van der Waals surface area (Å²) in [6, 6.07) is 7.71. The van der Waals surface area contributed by atoms with Crippen LogP contribution in [-0.4, -0.2) is 46.8 Å². The predicted molar refractivity (Wildman–Crippen MR) is 113 cm³/mol. The molecule has 2 heterocycles. The Morgan fingerprint density at radius 1 is 1.03 bits per heavy atom. The van der Waals surface area contributed by atoms with Crippen molar-refractivity contribution in [1.82, 2.24) is 19.7 Å². The molecule has 2 aromatic heterocycles. The number of rotatable bonds is 5. The predicted octanol–water partition coefficient (Wildman–Crippen LogP) is 3.25. The highest BCUT2D eigenvalue weighted by molar-refractivity contribution is 6.03. The van der Waals surface area contributed by atoms with Crippen LogP contribution in [0.3, 0.4) is 0 Å². The van der Waals surface area contributed by atoms with E-state index in [0.29, 0.717) is 41.7 Å². The molecule has 156 valence electrons. The first-order valence-electron chi connectivity index (χ1n) is 9.82. The smallest absolute Gasteiger partial charge is 0.251 e. The van der Waals surface area contributed by atoms with Gasteiger partial charge < -0.3 is 14.8 Å². The van der Waals surface area contributed by atoms with Gasteiger partial charge in [-0.25, -0.2) is 14.6 Å². The highest BCUT2D eigenvalue weighted by Crippen LogP contribution is 2.39. The van der Waals surface area contributed by atoms with Crippen LogP contribution in [0.15, 0.2) is 24.3 Å². The quantitative estimate of drug-likeness (QED) is 0.694. The molecule has 0 spiro atoms. The van der Waals surface area contributed by atoms with E-state index in [0.717, 1.165) is 22.6 Å². The molecule has 1 aliphatic rings. The Bertz CT molecular complexity index is 1100. The van der Waals surface area contributed by atoms with Crippen molar-refractivity contribution >= 4 is 11.6 Å². The molecule has 3 aromatic rings. The largest absolute Gasteiger partial charge is 0.493 e. The second kappa shape index (κ2) is 7.78. The molecule has 0 fully saturated rings. The second-order valence-corrected chi connectivity index (χ2v) is 7.43. The van der Waals surface area contributed by atoms with Gasteiger partial charge in [0.25, 0.3) is 5.95 Å². The number of hydrogen-bond donors (Lipinski definition) is 1. The van der Waals surface area contributed by atoms with Gasteiger partial charge in [0.2, 0.25) is 0 Å². The van der Waals surface area contributed by atoms with Crippen LogP contribution in [0.5, 0.6) is 11.5 Å². The summed E-state index contributed by atoms with van der Waals surface area (Å²) >= 11 is 0. The zero-order valence-electron chi connectivity index (χ0n) is 17.8. The lowest BCUT2D eigenvalue weighted by Crippen LogP contribution is -2.21. The summed E-state index contributed by atoms with van der Waals surface area (Å²) in [5.41, 5.74) is 4.17. The number of aromatic nitrogens is 4. The minimum atomic E-state index is -0.00383. The minimum absolute atomic E-state index is 0.00383. The summed E-state index contributed by atoms with van der Waals surface area (Å²) in [5, 5.41) is 7.67. The van der Waals surface area contributed by atoms with E-state index in [1.165, 1.54) is 0 Å². The van der Waals surface area contributed by atoms with E-state index in [1.54, 1.807) is 25.9 Å². The molecule has 1 aliphatic carbocycles. The van der Waals surface area contributed by atoms with Gasteiger partial charge in [0.15, 0.2) is 23.1 Å². The third kappa shape index (κ3) is 3.38. The van der Waals surface area contributed by atoms with E-state index < -0.39 is 0 Å². The van der Waals surface area contributed by atoms with Crippen LogP contribution < -0.4 is 14.8 Å². The molecular weight excluding hydrogens is 382 g/mol. The Balaban J connectivity index is 1.80. The van der Waals surface area contributed by atoms with Gasteiger partial charge >= 0.3 is 0 Å². The van der Waals surface area contributed by atoms with Gasteiger partial charge in [-0.05, 0) is 49.9 Å². The van der Waals surface area contributed by atoms with E-state index in [1.807, 2.05) is 38.1 Å². The van der Waals surface area contributed by atoms with E-state index in [2.05, 4.69) is 20.4 Å². The molecule has 0 saturated heterocycles. The number of fused-ring (bicyclic) bond motifs is 1. The molecule has 0 bridgehead atoms. The number of hydrogen-bond acceptors (Lipinski definition) is 7. The monoisotopic (exact) mass is 407 g/mol. The normalized spacial score (nSPS) is 15.6. The van der Waals surface area contributed by atoms with Gasteiger partial charge in [-0.2, -0.15) is 0 Å². The van der Waals surface area contributed by atoms with Gasteiger partial charge in [-0.3, -0.25) is 4.79 Å². The van der Waals surface area contributed by atoms with E-state index in [9.17, 15) is 4.79 Å². The lowest BCUT2D eigenvalue weighted by Gasteiger charge is -2.23. The Morgan fingerprint density at radius 3 is 2.37 bits per heavy atom. The molecule has 0 amide bonds. The highest BCUT2D eigenvalue weighted by atomic mass is 16.5. The van der Waals surface area contributed by atoms with Gasteiger partial charge in [-0.1, -0.05) is 6.07 Å². The van der Waals surface area contributed by atoms with Crippen LogP contribution in [0.1, 0.15) is 45.3 Å². The summed E-state index contributed by atoms with van der Waals surface area (Å²) in [7, 11) is 4.98. The average molecular weight is 407 g/mol. The maximum atomic E-state index is 13.1. The number of ether oxygens (including phenoxy) is 2. The van der Waals surface area contributed by atoms with Crippen molar-refractivity contribution in [3.05, 3.63) is 52.5 Å². The fourth-order valence-corrected chi connectivity index (χ4v) is 4.05. The number of carbonyl (C=O) groups excluding carboxylic acids is 1. The molecule has 0 radical (unpaired) electrons. The molecule has 4 rings (SSSR count). The van der Waals surface area contributed by atoms with E-state index >= 15 is 0 Å². The summed E-state index contributed by atoms with van der Waals surface area (Å²) in [4.78, 5) is 22.2. The van der Waals surface area contributed by atoms with Crippen LogP contribution >= 0.6 is 0 Å². The number of carbonyl (C=O) groups is 1. The standard InChI is InChI=1S/C22H25N5O3/c1-12-8-13(2)25-22(24-12)27-16-9-15(10-17(28)20(16)21(23-3)26-27)14-6-7-18(29-4)19(11-14)30-5/h6-8,11,15H,9-10H2,1-5H3,(H,23,26)/t15-/m0/s1. The van der Waals surface area contributed by atoms with Gasteiger partial charge in [0, 0.05) is 24.9 Å².